The quantitative estimate of drug-likeness (QED) is 0.711. The van der Waals surface area contributed by atoms with E-state index in [1.54, 1.807) is 19.9 Å². The molecule has 4 amide bonds. The molecule has 1 aliphatic heterocycles. The van der Waals surface area contributed by atoms with Crippen molar-refractivity contribution in [2.45, 2.75) is 63.1 Å². The zero-order valence-electron chi connectivity index (χ0n) is 17.1. The summed E-state index contributed by atoms with van der Waals surface area (Å²) in [6.45, 7) is 3.08. The molecule has 0 bridgehead atoms. The van der Waals surface area contributed by atoms with Gasteiger partial charge in [0.1, 0.15) is 12.1 Å². The molecule has 0 atom stereocenters. The Bertz CT molecular complexity index is 845. The molecule has 0 unspecified atom stereocenters. The minimum absolute atomic E-state index is 0.0575. The highest BCUT2D eigenvalue weighted by Gasteiger charge is 2.51. The smallest absolute Gasteiger partial charge is 0.354 e. The Morgan fingerprint density at radius 2 is 1.77 bits per heavy atom. The number of carbonyl (C=O) groups excluding carboxylic acids is 3. The molecule has 6 nitrogen and oxygen atoms in total. The Morgan fingerprint density at radius 3 is 2.40 bits per heavy atom. The number of halogens is 3. The van der Waals surface area contributed by atoms with E-state index in [0.29, 0.717) is 18.4 Å². The first-order valence-corrected chi connectivity index (χ1v) is 10.0. The molecule has 2 N–H and O–H groups in total. The van der Waals surface area contributed by atoms with Gasteiger partial charge in [-0.1, -0.05) is 51.3 Å². The van der Waals surface area contributed by atoms with Crippen molar-refractivity contribution >= 4 is 17.8 Å². The first-order chi connectivity index (χ1) is 13.9. The first-order valence-electron chi connectivity index (χ1n) is 10.0. The topological polar surface area (TPSA) is 78.5 Å². The Hall–Kier alpha value is -2.58. The average molecular weight is 425 g/mol. The lowest BCUT2D eigenvalue weighted by Crippen LogP contribution is -2.49. The fraction of sp³-hybridized carbons (Fsp3) is 0.571. The molecule has 164 valence electrons. The van der Waals surface area contributed by atoms with Gasteiger partial charge in [0.15, 0.2) is 0 Å². The largest absolute Gasteiger partial charge is 0.416 e. The molecule has 1 aliphatic carbocycles. The summed E-state index contributed by atoms with van der Waals surface area (Å²) in [4.78, 5) is 38.3. The molecule has 0 radical (unpaired) electrons. The van der Waals surface area contributed by atoms with Crippen LogP contribution in [-0.4, -0.2) is 41.4 Å². The fourth-order valence-corrected chi connectivity index (χ4v) is 4.05. The zero-order valence-corrected chi connectivity index (χ0v) is 17.1. The normalized spacial score (nSPS) is 19.2. The van der Waals surface area contributed by atoms with Crippen LogP contribution >= 0.6 is 0 Å². The van der Waals surface area contributed by atoms with E-state index < -0.39 is 41.2 Å². The number of amides is 4. The maximum absolute atomic E-state index is 13.0. The standard InChI is InChI=1S/C21H26F3N3O3/c1-19(2,14-7-6-8-15(11-14)21(22,23)24)13-25-16(28)12-27-17(29)20(26-18(27)30)9-4-3-5-10-20/h6-8,11H,3-5,9-10,12-13H2,1-2H3,(H,25,28)(H,26,30). The minimum atomic E-state index is -4.45. The van der Waals surface area contributed by atoms with Crippen LogP contribution in [0.1, 0.15) is 57.1 Å². The summed E-state index contributed by atoms with van der Waals surface area (Å²) >= 11 is 0. The molecule has 9 heteroatoms. The lowest BCUT2D eigenvalue weighted by Gasteiger charge is -2.30. The van der Waals surface area contributed by atoms with E-state index in [0.717, 1.165) is 36.3 Å². The van der Waals surface area contributed by atoms with Crippen molar-refractivity contribution in [3.63, 3.8) is 0 Å². The highest BCUT2D eigenvalue weighted by Crippen LogP contribution is 2.34. The Labute approximate surface area is 173 Å². The highest BCUT2D eigenvalue weighted by atomic mass is 19.4. The van der Waals surface area contributed by atoms with E-state index in [4.69, 9.17) is 0 Å². The van der Waals surface area contributed by atoms with Gasteiger partial charge in [-0.25, -0.2) is 4.79 Å². The lowest BCUT2D eigenvalue weighted by atomic mass is 9.82. The van der Waals surface area contributed by atoms with Crippen LogP contribution in [0.25, 0.3) is 0 Å². The predicted molar refractivity (Wildman–Crippen MR) is 104 cm³/mol. The number of carbonyl (C=O) groups is 3. The number of rotatable bonds is 5. The van der Waals surface area contributed by atoms with Crippen molar-refractivity contribution < 1.29 is 27.6 Å². The molecular formula is C21H26F3N3O3. The third kappa shape index (κ3) is 4.44. The second kappa shape index (κ2) is 7.92. The average Bonchev–Trinajstić information content (AvgIpc) is 2.90. The highest BCUT2D eigenvalue weighted by molar-refractivity contribution is 6.09. The molecule has 3 rings (SSSR count). The van der Waals surface area contributed by atoms with Gasteiger partial charge in [-0.05, 0) is 24.5 Å². The molecule has 30 heavy (non-hydrogen) atoms. The Morgan fingerprint density at radius 1 is 1.13 bits per heavy atom. The Kier molecular flexibility index (Phi) is 5.84. The van der Waals surface area contributed by atoms with Gasteiger partial charge in [-0.3, -0.25) is 14.5 Å². The summed E-state index contributed by atoms with van der Waals surface area (Å²) in [5, 5.41) is 5.39. The number of alkyl halides is 3. The second-order valence-electron chi connectivity index (χ2n) is 8.70. The van der Waals surface area contributed by atoms with Gasteiger partial charge in [0.2, 0.25) is 5.91 Å². The van der Waals surface area contributed by atoms with E-state index in [-0.39, 0.29) is 12.5 Å². The van der Waals surface area contributed by atoms with Crippen LogP contribution in [0.4, 0.5) is 18.0 Å². The van der Waals surface area contributed by atoms with E-state index >= 15 is 0 Å². The summed E-state index contributed by atoms with van der Waals surface area (Å²) in [6.07, 6.45) is -0.616. The molecule has 1 saturated heterocycles. The van der Waals surface area contributed by atoms with E-state index in [2.05, 4.69) is 10.6 Å². The maximum atomic E-state index is 13.0. The number of hydrogen-bond donors (Lipinski definition) is 2. The van der Waals surface area contributed by atoms with Gasteiger partial charge in [-0.15, -0.1) is 0 Å². The van der Waals surface area contributed by atoms with Gasteiger partial charge in [0, 0.05) is 12.0 Å². The van der Waals surface area contributed by atoms with Crippen LogP contribution in [0.2, 0.25) is 0 Å². The third-order valence-electron chi connectivity index (χ3n) is 5.95. The van der Waals surface area contributed by atoms with Gasteiger partial charge in [0.25, 0.3) is 5.91 Å². The van der Waals surface area contributed by atoms with Gasteiger partial charge in [-0.2, -0.15) is 13.2 Å². The SMILES string of the molecule is CC(C)(CNC(=O)CN1C(=O)NC2(CCCCC2)C1=O)c1cccc(C(F)(F)F)c1. The fourth-order valence-electron chi connectivity index (χ4n) is 4.05. The van der Waals surface area contributed by atoms with Crippen molar-refractivity contribution in [2.24, 2.45) is 0 Å². The minimum Gasteiger partial charge on any atom is -0.354 e. The van der Waals surface area contributed by atoms with Crippen LogP contribution < -0.4 is 10.6 Å². The van der Waals surface area contributed by atoms with Gasteiger partial charge in [0.05, 0.1) is 5.56 Å². The number of nitrogens with zero attached hydrogens (tertiary/aromatic N) is 1. The molecule has 1 aromatic rings. The molecule has 2 aliphatic rings. The number of hydrogen-bond acceptors (Lipinski definition) is 3. The summed E-state index contributed by atoms with van der Waals surface area (Å²) in [6, 6.07) is 4.39. The zero-order chi connectivity index (χ0) is 22.2. The monoisotopic (exact) mass is 425 g/mol. The predicted octanol–water partition coefficient (Wildman–Crippen LogP) is 3.35. The van der Waals surface area contributed by atoms with Crippen molar-refractivity contribution in [3.05, 3.63) is 35.4 Å². The van der Waals surface area contributed by atoms with Gasteiger partial charge < -0.3 is 10.6 Å². The molecule has 1 saturated carbocycles. The summed E-state index contributed by atoms with van der Waals surface area (Å²) < 4.78 is 38.9. The second-order valence-corrected chi connectivity index (χ2v) is 8.70. The lowest BCUT2D eigenvalue weighted by molar-refractivity contribution is -0.137. The molecule has 1 aromatic carbocycles. The van der Waals surface area contributed by atoms with Gasteiger partial charge >= 0.3 is 12.2 Å². The number of imide groups is 1. The third-order valence-corrected chi connectivity index (χ3v) is 5.95. The van der Waals surface area contributed by atoms with Crippen LogP contribution in [-0.2, 0) is 21.2 Å². The summed E-state index contributed by atoms with van der Waals surface area (Å²) in [5.74, 6) is -0.911. The number of benzene rings is 1. The maximum Gasteiger partial charge on any atom is 0.416 e. The van der Waals surface area contributed by atoms with Crippen LogP contribution in [0, 0.1) is 0 Å². The van der Waals surface area contributed by atoms with E-state index in [1.807, 2.05) is 0 Å². The first kappa shape index (κ1) is 22.1. The van der Waals surface area contributed by atoms with Crippen LogP contribution in [0.15, 0.2) is 24.3 Å². The molecular weight excluding hydrogens is 399 g/mol. The molecule has 2 fully saturated rings. The molecule has 1 spiro atoms. The Balaban J connectivity index is 1.61. The van der Waals surface area contributed by atoms with Crippen molar-refractivity contribution in [1.82, 2.24) is 15.5 Å². The van der Waals surface area contributed by atoms with E-state index in [9.17, 15) is 27.6 Å². The van der Waals surface area contributed by atoms with Crippen LogP contribution in [0.3, 0.4) is 0 Å². The number of urea groups is 1. The summed E-state index contributed by atoms with van der Waals surface area (Å²) in [5.41, 5.74) is -2.00. The molecule has 1 heterocycles. The number of nitrogens with one attached hydrogen (secondary N) is 2. The van der Waals surface area contributed by atoms with E-state index in [1.165, 1.54) is 6.07 Å². The van der Waals surface area contributed by atoms with Crippen molar-refractivity contribution in [1.29, 1.82) is 0 Å². The summed E-state index contributed by atoms with van der Waals surface area (Å²) in [7, 11) is 0. The van der Waals surface area contributed by atoms with Crippen LogP contribution in [0.5, 0.6) is 0 Å². The van der Waals surface area contributed by atoms with Crippen molar-refractivity contribution in [3.8, 4) is 0 Å². The molecule has 0 aromatic heterocycles. The van der Waals surface area contributed by atoms with Crippen molar-refractivity contribution in [2.75, 3.05) is 13.1 Å².